The lowest BCUT2D eigenvalue weighted by Gasteiger charge is -2.06. The molecule has 0 radical (unpaired) electrons. The zero-order chi connectivity index (χ0) is 11.3. The monoisotopic (exact) mass is 226 g/mol. The molecule has 0 heterocycles. The second kappa shape index (κ2) is 5.50. The van der Waals surface area contributed by atoms with Crippen LogP contribution in [-0.2, 0) is 4.74 Å². The number of carbonyl (C=O) groups is 1. The van der Waals surface area contributed by atoms with Crippen molar-refractivity contribution in [2.45, 2.75) is 0 Å². The molecule has 1 aromatic rings. The van der Waals surface area contributed by atoms with Crippen LogP contribution >= 0.6 is 11.8 Å². The lowest BCUT2D eigenvalue weighted by Crippen LogP contribution is -2.10. The third kappa shape index (κ3) is 3.36. The molecule has 82 valence electrons. The minimum absolute atomic E-state index is 0.351. The minimum Gasteiger partial charge on any atom is -0.461 e. The highest BCUT2D eigenvalue weighted by Crippen LogP contribution is 2.16. The summed E-state index contributed by atoms with van der Waals surface area (Å²) < 4.78 is 5.01. The fraction of sp³-hybridized carbons (Fsp3) is 0.300. The number of nitrogens with two attached hydrogens (primary N) is 2. The number of nitrogen functional groups attached to an aromatic ring is 2. The Kier molecular flexibility index (Phi) is 4.30. The summed E-state index contributed by atoms with van der Waals surface area (Å²) in [5.41, 5.74) is 12.4. The van der Waals surface area contributed by atoms with E-state index in [1.165, 1.54) is 0 Å². The van der Waals surface area contributed by atoms with Gasteiger partial charge in [-0.25, -0.2) is 4.79 Å². The van der Waals surface area contributed by atoms with Crippen LogP contribution in [0.2, 0.25) is 0 Å². The van der Waals surface area contributed by atoms with E-state index in [1.54, 1.807) is 30.0 Å². The van der Waals surface area contributed by atoms with Crippen LogP contribution in [0.25, 0.3) is 0 Å². The van der Waals surface area contributed by atoms with Gasteiger partial charge in [0.2, 0.25) is 0 Å². The molecule has 0 saturated carbocycles. The van der Waals surface area contributed by atoms with Crippen molar-refractivity contribution in [2.24, 2.45) is 0 Å². The van der Waals surface area contributed by atoms with E-state index >= 15 is 0 Å². The number of anilines is 2. The van der Waals surface area contributed by atoms with Crippen molar-refractivity contribution in [1.29, 1.82) is 0 Å². The van der Waals surface area contributed by atoms with Gasteiger partial charge in [-0.3, -0.25) is 0 Å². The first kappa shape index (κ1) is 11.7. The first-order valence-corrected chi connectivity index (χ1v) is 5.85. The molecule has 0 aliphatic carbocycles. The molecule has 0 aliphatic rings. The lowest BCUT2D eigenvalue weighted by molar-refractivity contribution is 0.0531. The summed E-state index contributed by atoms with van der Waals surface area (Å²) in [7, 11) is 0. The van der Waals surface area contributed by atoms with Gasteiger partial charge in [0.1, 0.15) is 6.61 Å². The van der Waals surface area contributed by atoms with E-state index in [4.69, 9.17) is 16.2 Å². The number of benzene rings is 1. The molecule has 0 amide bonds. The van der Waals surface area contributed by atoms with Gasteiger partial charge in [0.25, 0.3) is 0 Å². The van der Waals surface area contributed by atoms with Crippen molar-refractivity contribution in [3.8, 4) is 0 Å². The smallest absolute Gasteiger partial charge is 0.340 e. The van der Waals surface area contributed by atoms with Crippen LogP contribution in [0.3, 0.4) is 0 Å². The van der Waals surface area contributed by atoms with Crippen molar-refractivity contribution in [1.82, 2.24) is 0 Å². The van der Waals surface area contributed by atoms with E-state index in [-0.39, 0.29) is 0 Å². The van der Waals surface area contributed by atoms with Crippen molar-refractivity contribution >= 4 is 29.1 Å². The summed E-state index contributed by atoms with van der Waals surface area (Å²) in [5, 5.41) is 0. The van der Waals surface area contributed by atoms with Crippen molar-refractivity contribution in [3.63, 3.8) is 0 Å². The average Bonchev–Trinajstić information content (AvgIpc) is 2.17. The zero-order valence-electron chi connectivity index (χ0n) is 8.53. The quantitative estimate of drug-likeness (QED) is 0.460. The van der Waals surface area contributed by atoms with Crippen LogP contribution in [0, 0.1) is 0 Å². The SMILES string of the molecule is CSCCOC(=O)c1ccc(N)cc1N. The normalized spacial score (nSPS) is 9.93. The maximum absolute atomic E-state index is 11.5. The van der Waals surface area contributed by atoms with Gasteiger partial charge in [0.05, 0.1) is 5.56 Å². The Balaban J connectivity index is 2.65. The fourth-order valence-electron chi connectivity index (χ4n) is 1.06. The summed E-state index contributed by atoms with van der Waals surface area (Å²) in [4.78, 5) is 11.5. The Morgan fingerprint density at radius 2 is 2.20 bits per heavy atom. The Hall–Kier alpha value is -1.36. The van der Waals surface area contributed by atoms with Crippen molar-refractivity contribution in [3.05, 3.63) is 23.8 Å². The first-order valence-electron chi connectivity index (χ1n) is 4.46. The van der Waals surface area contributed by atoms with Crippen molar-refractivity contribution in [2.75, 3.05) is 30.1 Å². The lowest BCUT2D eigenvalue weighted by atomic mass is 10.1. The summed E-state index contributed by atoms with van der Waals surface area (Å²) in [6.45, 7) is 0.393. The Labute approximate surface area is 93.0 Å². The van der Waals surface area contributed by atoms with Gasteiger partial charge in [-0.15, -0.1) is 0 Å². The third-order valence-electron chi connectivity index (χ3n) is 1.82. The number of hydrogen-bond acceptors (Lipinski definition) is 5. The molecule has 15 heavy (non-hydrogen) atoms. The van der Waals surface area contributed by atoms with Gasteiger partial charge < -0.3 is 16.2 Å². The highest BCUT2D eigenvalue weighted by atomic mass is 32.2. The minimum atomic E-state index is -0.401. The number of hydrogen-bond donors (Lipinski definition) is 2. The second-order valence-electron chi connectivity index (χ2n) is 2.98. The molecule has 0 unspecified atom stereocenters. The van der Waals surface area contributed by atoms with Crippen LogP contribution in [0.5, 0.6) is 0 Å². The summed E-state index contributed by atoms with van der Waals surface area (Å²) >= 11 is 1.62. The molecule has 0 fully saturated rings. The molecule has 0 aliphatic heterocycles. The van der Waals surface area contributed by atoms with Gasteiger partial charge in [-0.1, -0.05) is 0 Å². The summed E-state index contributed by atoms with van der Waals surface area (Å²) in [5.74, 6) is 0.377. The predicted molar refractivity (Wildman–Crippen MR) is 63.9 cm³/mol. The summed E-state index contributed by atoms with van der Waals surface area (Å²) in [6.07, 6.45) is 1.95. The summed E-state index contributed by atoms with van der Waals surface area (Å²) in [6, 6.07) is 4.75. The van der Waals surface area contributed by atoms with E-state index in [9.17, 15) is 4.79 Å². The maximum Gasteiger partial charge on any atom is 0.340 e. The van der Waals surface area contributed by atoms with Gasteiger partial charge in [-0.2, -0.15) is 11.8 Å². The van der Waals surface area contributed by atoms with Gasteiger partial charge in [-0.05, 0) is 24.5 Å². The van der Waals surface area contributed by atoms with Gasteiger partial charge >= 0.3 is 5.97 Å². The molecule has 4 nitrogen and oxygen atoms in total. The molecule has 1 aromatic carbocycles. The standard InChI is InChI=1S/C10H14N2O2S/c1-15-5-4-14-10(13)8-3-2-7(11)6-9(8)12/h2-3,6H,4-5,11-12H2,1H3. The average molecular weight is 226 g/mol. The topological polar surface area (TPSA) is 78.3 Å². The molecule has 1 rings (SSSR count). The molecule has 0 atom stereocenters. The highest BCUT2D eigenvalue weighted by molar-refractivity contribution is 7.98. The Bertz CT molecular complexity index is 355. The van der Waals surface area contributed by atoms with Crippen molar-refractivity contribution < 1.29 is 9.53 Å². The van der Waals surface area contributed by atoms with E-state index in [0.29, 0.717) is 23.5 Å². The zero-order valence-corrected chi connectivity index (χ0v) is 9.34. The molecular formula is C10H14N2O2S. The highest BCUT2D eigenvalue weighted by Gasteiger charge is 2.10. The number of thioether (sulfide) groups is 1. The van der Waals surface area contributed by atoms with E-state index in [1.807, 2.05) is 6.26 Å². The molecule has 0 bridgehead atoms. The maximum atomic E-state index is 11.5. The molecular weight excluding hydrogens is 212 g/mol. The Morgan fingerprint density at radius 3 is 2.80 bits per heavy atom. The van der Waals surface area contributed by atoms with Crippen LogP contribution < -0.4 is 11.5 Å². The van der Waals surface area contributed by atoms with Gasteiger partial charge in [0.15, 0.2) is 0 Å². The number of ether oxygens (including phenoxy) is 1. The molecule has 4 N–H and O–H groups in total. The van der Waals surface area contributed by atoms with E-state index in [0.717, 1.165) is 5.75 Å². The number of esters is 1. The van der Waals surface area contributed by atoms with Crippen LogP contribution in [0.1, 0.15) is 10.4 Å². The molecule has 0 saturated heterocycles. The van der Waals surface area contributed by atoms with Crippen LogP contribution in [0.4, 0.5) is 11.4 Å². The van der Waals surface area contributed by atoms with Crippen LogP contribution in [0.15, 0.2) is 18.2 Å². The first-order chi connectivity index (χ1) is 7.15. The largest absolute Gasteiger partial charge is 0.461 e. The van der Waals surface area contributed by atoms with Crippen LogP contribution in [-0.4, -0.2) is 24.6 Å². The molecule has 0 spiro atoms. The van der Waals surface area contributed by atoms with E-state index in [2.05, 4.69) is 0 Å². The van der Waals surface area contributed by atoms with E-state index < -0.39 is 5.97 Å². The Morgan fingerprint density at radius 1 is 1.47 bits per heavy atom. The third-order valence-corrected chi connectivity index (χ3v) is 2.39. The fourth-order valence-corrected chi connectivity index (χ4v) is 1.31. The molecule has 0 aromatic heterocycles. The molecule has 5 heteroatoms. The predicted octanol–water partition coefficient (Wildman–Crippen LogP) is 1.37. The number of rotatable bonds is 4. The van der Waals surface area contributed by atoms with Gasteiger partial charge in [0, 0.05) is 17.1 Å². The number of carbonyl (C=O) groups excluding carboxylic acids is 1. The second-order valence-corrected chi connectivity index (χ2v) is 3.96.